The molecule has 0 spiro atoms. The Balaban J connectivity index is 2.04. The van der Waals surface area contributed by atoms with Crippen LogP contribution >= 0.6 is 0 Å². The third-order valence-electron chi connectivity index (χ3n) is 5.25. The Kier molecular flexibility index (Phi) is 5.30. The Bertz CT molecular complexity index is 1030. The number of rotatable bonds is 5. The van der Waals surface area contributed by atoms with Crippen molar-refractivity contribution in [1.29, 1.82) is 0 Å². The maximum atomic E-state index is 14.1. The first-order valence-corrected chi connectivity index (χ1v) is 9.10. The minimum absolute atomic E-state index is 0.0798. The highest BCUT2D eigenvalue weighted by molar-refractivity contribution is 5.82. The first-order chi connectivity index (χ1) is 13.4. The molecule has 7 heteroatoms. The van der Waals surface area contributed by atoms with Crippen molar-refractivity contribution in [2.24, 2.45) is 5.73 Å². The molecule has 29 heavy (non-hydrogen) atoms. The van der Waals surface area contributed by atoms with E-state index in [2.05, 4.69) is 4.98 Å². The van der Waals surface area contributed by atoms with E-state index >= 15 is 0 Å². The molecule has 0 aliphatic rings. The summed E-state index contributed by atoms with van der Waals surface area (Å²) in [6.07, 6.45) is -4.29. The highest BCUT2D eigenvalue weighted by Crippen LogP contribution is 2.44. The number of para-hydroxylation sites is 1. The minimum Gasteiger partial charge on any atom is -0.508 e. The maximum absolute atomic E-state index is 14.1. The number of hydrogen-bond acceptors (Lipinski definition) is 3. The normalized spacial score (nSPS) is 14.7. The second-order valence-corrected chi connectivity index (χ2v) is 8.04. The average molecular weight is 406 g/mol. The second-order valence-electron chi connectivity index (χ2n) is 8.04. The van der Waals surface area contributed by atoms with Gasteiger partial charge in [0, 0.05) is 17.1 Å². The molecule has 0 aliphatic heterocycles. The summed E-state index contributed by atoms with van der Waals surface area (Å²) in [4.78, 5) is 4.18. The van der Waals surface area contributed by atoms with Gasteiger partial charge in [-0.3, -0.25) is 4.98 Å². The molecule has 0 amide bonds. The van der Waals surface area contributed by atoms with Crippen molar-refractivity contribution in [3.63, 3.8) is 0 Å². The number of aromatic hydroxyl groups is 1. The Morgan fingerprint density at radius 3 is 2.41 bits per heavy atom. The van der Waals surface area contributed by atoms with Gasteiger partial charge in [-0.1, -0.05) is 32.0 Å². The zero-order valence-corrected chi connectivity index (χ0v) is 16.1. The third kappa shape index (κ3) is 4.19. The Labute approximate surface area is 166 Å². The molecule has 0 saturated carbocycles. The molecule has 0 radical (unpaired) electrons. The number of pyridine rings is 1. The van der Waals surface area contributed by atoms with Gasteiger partial charge in [-0.2, -0.15) is 13.2 Å². The van der Waals surface area contributed by atoms with Gasteiger partial charge in [-0.25, -0.2) is 4.39 Å². The fourth-order valence-electron chi connectivity index (χ4n) is 3.85. The van der Waals surface area contributed by atoms with Gasteiger partial charge in [0.1, 0.15) is 17.1 Å². The largest absolute Gasteiger partial charge is 0.508 e. The molecule has 3 nitrogen and oxygen atoms in total. The van der Waals surface area contributed by atoms with Crippen LogP contribution in [0.25, 0.3) is 10.9 Å². The number of fused-ring (bicyclic) bond motifs is 1. The van der Waals surface area contributed by atoms with Crippen LogP contribution in [0, 0.1) is 5.82 Å². The molecule has 1 heterocycles. The summed E-state index contributed by atoms with van der Waals surface area (Å²) >= 11 is 0. The molecule has 1 atom stereocenters. The first-order valence-electron chi connectivity index (χ1n) is 9.10. The number of aromatic nitrogens is 1. The van der Waals surface area contributed by atoms with Crippen molar-refractivity contribution in [3.8, 4) is 5.75 Å². The van der Waals surface area contributed by atoms with Crippen LogP contribution in [0.15, 0.2) is 54.7 Å². The van der Waals surface area contributed by atoms with E-state index in [1.807, 2.05) is 0 Å². The van der Waals surface area contributed by atoms with E-state index in [9.17, 15) is 22.7 Å². The topological polar surface area (TPSA) is 59.1 Å². The highest BCUT2D eigenvalue weighted by atomic mass is 19.4. The summed E-state index contributed by atoms with van der Waals surface area (Å²) in [7, 11) is 0. The molecular formula is C22H22F4N2O. The fourth-order valence-corrected chi connectivity index (χ4v) is 3.85. The number of phenolic OH excluding ortho intramolecular Hbond substituents is 1. The van der Waals surface area contributed by atoms with Crippen LogP contribution in [0.1, 0.15) is 31.4 Å². The number of alkyl halides is 3. The number of hydrogen-bond donors (Lipinski definition) is 2. The van der Waals surface area contributed by atoms with E-state index < -0.39 is 35.8 Å². The number of halogens is 4. The molecule has 1 aromatic heterocycles. The number of phenols is 1. The van der Waals surface area contributed by atoms with Crippen LogP contribution in [0.5, 0.6) is 5.75 Å². The van der Waals surface area contributed by atoms with Gasteiger partial charge in [0.25, 0.3) is 0 Å². The first kappa shape index (κ1) is 21.0. The van der Waals surface area contributed by atoms with Crippen molar-refractivity contribution < 1.29 is 22.7 Å². The average Bonchev–Trinajstić information content (AvgIpc) is 2.62. The Morgan fingerprint density at radius 2 is 1.72 bits per heavy atom. The van der Waals surface area contributed by atoms with Gasteiger partial charge in [-0.15, -0.1) is 0 Å². The number of benzene rings is 2. The molecule has 2 aromatic carbocycles. The number of nitrogens with zero attached hydrogens (tertiary/aromatic N) is 1. The maximum Gasteiger partial charge on any atom is 0.406 e. The summed E-state index contributed by atoms with van der Waals surface area (Å²) in [6.45, 7) is 3.03. The van der Waals surface area contributed by atoms with E-state index in [1.165, 1.54) is 26.1 Å². The van der Waals surface area contributed by atoms with E-state index in [4.69, 9.17) is 5.73 Å². The van der Waals surface area contributed by atoms with Crippen molar-refractivity contribution in [2.75, 3.05) is 0 Å². The quantitative estimate of drug-likeness (QED) is 0.569. The summed E-state index contributed by atoms with van der Waals surface area (Å²) < 4.78 is 56.1. The summed E-state index contributed by atoms with van der Waals surface area (Å²) in [5.74, 6) is -0.907. The lowest BCUT2D eigenvalue weighted by atomic mass is 9.71. The lowest BCUT2D eigenvalue weighted by Gasteiger charge is -2.39. The van der Waals surface area contributed by atoms with Crippen LogP contribution < -0.4 is 5.73 Å². The molecule has 3 N–H and O–H groups in total. The van der Waals surface area contributed by atoms with Gasteiger partial charge in [-0.05, 0) is 54.2 Å². The molecule has 0 fully saturated rings. The second kappa shape index (κ2) is 7.30. The summed E-state index contributed by atoms with van der Waals surface area (Å²) in [6, 6.07) is 11.7. The van der Waals surface area contributed by atoms with Crippen molar-refractivity contribution >= 4 is 10.9 Å². The Hall–Kier alpha value is -2.67. The molecule has 3 rings (SSSR count). The van der Waals surface area contributed by atoms with Crippen LogP contribution in [0.3, 0.4) is 0 Å². The predicted molar refractivity (Wildman–Crippen MR) is 104 cm³/mol. The van der Waals surface area contributed by atoms with Gasteiger partial charge >= 0.3 is 6.18 Å². The predicted octanol–water partition coefficient (Wildman–Crippen LogP) is 5.25. The molecular weight excluding hydrogens is 384 g/mol. The van der Waals surface area contributed by atoms with Gasteiger partial charge in [0.15, 0.2) is 0 Å². The zero-order valence-electron chi connectivity index (χ0n) is 16.1. The lowest BCUT2D eigenvalue weighted by Crippen LogP contribution is -2.58. The van der Waals surface area contributed by atoms with E-state index in [1.54, 1.807) is 24.3 Å². The highest BCUT2D eigenvalue weighted by Gasteiger charge is 2.54. The van der Waals surface area contributed by atoms with Crippen LogP contribution in [0.2, 0.25) is 0 Å². The Morgan fingerprint density at radius 1 is 1.03 bits per heavy atom. The van der Waals surface area contributed by atoms with Crippen molar-refractivity contribution in [1.82, 2.24) is 4.98 Å². The fraction of sp³-hybridized carbons (Fsp3) is 0.318. The van der Waals surface area contributed by atoms with E-state index in [0.29, 0.717) is 16.5 Å². The van der Waals surface area contributed by atoms with Crippen molar-refractivity contribution in [3.05, 3.63) is 71.7 Å². The SMILES string of the molecule is CC(C)(CC(N)(Cc1ccnc2ccccc12)C(F)(F)F)c1cc(F)ccc1O. The van der Waals surface area contributed by atoms with Gasteiger partial charge < -0.3 is 10.8 Å². The minimum atomic E-state index is -4.72. The van der Waals surface area contributed by atoms with Gasteiger partial charge in [0.05, 0.1) is 5.52 Å². The summed E-state index contributed by atoms with van der Waals surface area (Å²) in [5, 5.41) is 10.7. The van der Waals surface area contributed by atoms with E-state index in [-0.39, 0.29) is 11.3 Å². The van der Waals surface area contributed by atoms with E-state index in [0.717, 1.165) is 18.2 Å². The van der Waals surface area contributed by atoms with Gasteiger partial charge in [0.2, 0.25) is 0 Å². The summed E-state index contributed by atoms with van der Waals surface area (Å²) in [5.41, 5.74) is 3.24. The third-order valence-corrected chi connectivity index (χ3v) is 5.25. The molecule has 3 aromatic rings. The molecule has 0 bridgehead atoms. The van der Waals surface area contributed by atoms with Crippen LogP contribution in [-0.4, -0.2) is 21.8 Å². The van der Waals surface area contributed by atoms with Crippen LogP contribution in [-0.2, 0) is 11.8 Å². The molecule has 0 aliphatic carbocycles. The van der Waals surface area contributed by atoms with Crippen LogP contribution in [0.4, 0.5) is 17.6 Å². The monoisotopic (exact) mass is 406 g/mol. The zero-order chi connectivity index (χ0) is 21.4. The number of nitrogens with two attached hydrogens (primary N) is 1. The standard InChI is InChI=1S/C22H22F4N2O/c1-20(2,17-11-15(23)7-8-19(17)29)13-21(27,22(24,25)26)12-14-9-10-28-18-6-4-3-5-16(14)18/h3-11,29H,12-13,27H2,1-2H3. The molecule has 154 valence electrons. The molecule has 0 saturated heterocycles. The lowest BCUT2D eigenvalue weighted by molar-refractivity contribution is -0.191. The molecule has 1 unspecified atom stereocenters. The van der Waals surface area contributed by atoms with Crippen molar-refractivity contribution in [2.45, 2.75) is 43.8 Å². The smallest absolute Gasteiger partial charge is 0.406 e.